The van der Waals surface area contributed by atoms with Gasteiger partial charge >= 0.3 is 5.97 Å². The topological polar surface area (TPSA) is 134 Å². The molecule has 0 bridgehead atoms. The molecule has 0 saturated heterocycles. The van der Waals surface area contributed by atoms with Crippen LogP contribution in [0, 0.1) is 12.3 Å². The van der Waals surface area contributed by atoms with Crippen LogP contribution in [0.1, 0.15) is 64.6 Å². The molecule has 3 N–H and O–H groups in total. The fourth-order valence-corrected chi connectivity index (χ4v) is 6.61. The van der Waals surface area contributed by atoms with Gasteiger partial charge in [-0.3, -0.25) is 9.88 Å². The average molecular weight is 545 g/mol. The van der Waals surface area contributed by atoms with E-state index in [9.17, 15) is 9.36 Å². The number of nitrogens with two attached hydrogens (primary N) is 1. The maximum atomic E-state index is 14.3. The number of hydrogen-bond acceptors (Lipinski definition) is 8. The van der Waals surface area contributed by atoms with E-state index in [0.29, 0.717) is 42.7 Å². The number of nitrogen functional groups attached to an aromatic ring is 1. The number of aromatic nitrogens is 4. The highest BCUT2D eigenvalue weighted by atomic mass is 31.2. The van der Waals surface area contributed by atoms with Crippen molar-refractivity contribution in [1.82, 2.24) is 24.6 Å². The van der Waals surface area contributed by atoms with Crippen LogP contribution in [0.25, 0.3) is 11.2 Å². The van der Waals surface area contributed by atoms with Gasteiger partial charge in [-0.2, -0.15) is 0 Å². The Kier molecular flexibility index (Phi) is 10.0. The van der Waals surface area contributed by atoms with Crippen molar-refractivity contribution in [2.75, 3.05) is 24.9 Å². The number of carbonyl (C=O) groups is 1. The number of anilines is 1. The smallest absolute Gasteiger partial charge is 0.311 e. The molecule has 11 heteroatoms. The summed E-state index contributed by atoms with van der Waals surface area (Å²) in [6, 6.07) is 7.98. The van der Waals surface area contributed by atoms with Gasteiger partial charge in [-0.05, 0) is 53.0 Å². The van der Waals surface area contributed by atoms with Gasteiger partial charge in [0.15, 0.2) is 18.8 Å². The number of nitrogens with one attached hydrogen (secondary N) is 1. The summed E-state index contributed by atoms with van der Waals surface area (Å²) in [6.45, 7) is 12.4. The number of fused-ring (bicyclic) bond motifs is 1. The van der Waals surface area contributed by atoms with Gasteiger partial charge < -0.3 is 24.3 Å². The Balaban J connectivity index is 1.72. The monoisotopic (exact) mass is 544 g/mol. The highest BCUT2D eigenvalue weighted by molar-refractivity contribution is 7.61. The van der Waals surface area contributed by atoms with Gasteiger partial charge in [0.2, 0.25) is 0 Å². The number of hydrogen-bond donors (Lipinski definition) is 2. The summed E-state index contributed by atoms with van der Waals surface area (Å²) in [6.07, 6.45) is 4.25. The molecule has 208 valence electrons. The zero-order valence-corrected chi connectivity index (χ0v) is 24.2. The van der Waals surface area contributed by atoms with Gasteiger partial charge in [0.05, 0.1) is 31.0 Å². The Morgan fingerprint density at radius 1 is 1.18 bits per heavy atom. The minimum atomic E-state index is -3.07. The molecule has 0 aliphatic heterocycles. The molecule has 0 fully saturated rings. The van der Waals surface area contributed by atoms with E-state index < -0.39 is 12.7 Å². The lowest BCUT2D eigenvalue weighted by Gasteiger charge is -2.29. The van der Waals surface area contributed by atoms with Gasteiger partial charge in [-0.1, -0.05) is 36.8 Å². The second-order valence-electron chi connectivity index (χ2n) is 10.6. The Labute approximate surface area is 225 Å². The maximum Gasteiger partial charge on any atom is 0.311 e. The summed E-state index contributed by atoms with van der Waals surface area (Å²) in [4.78, 5) is 25.2. The largest absolute Gasteiger partial charge is 0.465 e. The third kappa shape index (κ3) is 7.85. The minimum absolute atomic E-state index is 0.0220. The number of imidazole rings is 1. The summed E-state index contributed by atoms with van der Waals surface area (Å²) in [7, 11) is -3.07. The molecule has 0 spiro atoms. The molecule has 0 aliphatic rings. The van der Waals surface area contributed by atoms with Crippen LogP contribution in [0.4, 0.5) is 5.82 Å². The molecule has 10 nitrogen and oxygen atoms in total. The second kappa shape index (κ2) is 12.8. The van der Waals surface area contributed by atoms with Crippen LogP contribution in [0.3, 0.4) is 0 Å². The molecule has 1 unspecified atom stereocenters. The predicted octanol–water partition coefficient (Wildman–Crippen LogP) is 5.08. The highest BCUT2D eigenvalue weighted by Crippen LogP contribution is 2.47. The van der Waals surface area contributed by atoms with Crippen LogP contribution >= 0.6 is 7.29 Å². The minimum Gasteiger partial charge on any atom is -0.465 e. The van der Waals surface area contributed by atoms with Gasteiger partial charge in [0, 0.05) is 12.2 Å². The quantitative estimate of drug-likeness (QED) is 0.210. The average Bonchev–Trinajstić information content (AvgIpc) is 3.29. The van der Waals surface area contributed by atoms with Crippen molar-refractivity contribution in [3.8, 4) is 0 Å². The predicted molar refractivity (Wildman–Crippen MR) is 150 cm³/mol. The molecule has 3 aromatic rings. The number of esters is 1. The maximum absolute atomic E-state index is 14.3. The van der Waals surface area contributed by atoms with Crippen molar-refractivity contribution >= 4 is 30.2 Å². The van der Waals surface area contributed by atoms with Gasteiger partial charge in [0.25, 0.3) is 0 Å². The van der Waals surface area contributed by atoms with Crippen molar-refractivity contribution < 1.29 is 18.8 Å². The molecule has 3 atom stereocenters. The van der Waals surface area contributed by atoms with E-state index >= 15 is 0 Å². The number of carbonyl (C=O) groups excluding carboxylic acids is 1. The normalized spacial score (nSPS) is 15.2. The van der Waals surface area contributed by atoms with Crippen LogP contribution in [-0.2, 0) is 25.4 Å². The lowest BCUT2D eigenvalue weighted by atomic mass is 9.90. The van der Waals surface area contributed by atoms with Crippen LogP contribution in [0.2, 0.25) is 0 Å². The third-order valence-corrected chi connectivity index (χ3v) is 8.92. The zero-order chi connectivity index (χ0) is 27.9. The van der Waals surface area contributed by atoms with E-state index in [-0.39, 0.29) is 24.5 Å². The van der Waals surface area contributed by atoms with E-state index in [2.05, 4.69) is 20.0 Å². The molecular weight excluding hydrogens is 503 g/mol. The Bertz CT molecular complexity index is 1260. The number of aryl methyl sites for hydroxylation is 1. The van der Waals surface area contributed by atoms with E-state index in [4.69, 9.17) is 15.2 Å². The summed E-state index contributed by atoms with van der Waals surface area (Å²) in [5, 5.41) is 3.36. The van der Waals surface area contributed by atoms with Crippen molar-refractivity contribution in [2.45, 2.75) is 73.1 Å². The zero-order valence-electron chi connectivity index (χ0n) is 23.3. The van der Waals surface area contributed by atoms with Gasteiger partial charge in [0.1, 0.15) is 18.2 Å². The van der Waals surface area contributed by atoms with Crippen molar-refractivity contribution in [2.24, 2.45) is 5.41 Å². The summed E-state index contributed by atoms with van der Waals surface area (Å²) in [5.74, 6) is 0.0428. The first-order valence-electron chi connectivity index (χ1n) is 13.1. The molecule has 2 aromatic heterocycles. The second-order valence-corrected chi connectivity index (χ2v) is 13.3. The molecule has 0 radical (unpaired) electrons. The SMILES string of the molecule is CCCOC(=O)C(C)(C)CCP(=O)(CO[C@H](C)Cn1cnc2c(N)ncnc21)N[C@H](C)c1ccc(C)cc1. The van der Waals surface area contributed by atoms with E-state index in [0.717, 1.165) is 17.5 Å². The standard InChI is InChI=1S/C27H41N6O4P/c1-7-13-36-26(34)27(5,6)12-14-38(35,32-21(4)22-10-8-19(2)9-11-22)18-37-20(3)15-33-17-31-23-24(28)29-16-30-25(23)33/h8-11,16-17,20-21H,7,12-15,18H2,1-6H3,(H,32,35)(H2,28,29,30)/t20-,21-,38?/m1/s1. The number of rotatable bonds is 14. The lowest BCUT2D eigenvalue weighted by molar-refractivity contribution is -0.154. The highest BCUT2D eigenvalue weighted by Gasteiger charge is 2.34. The van der Waals surface area contributed by atoms with E-state index in [1.165, 1.54) is 6.33 Å². The molecule has 0 amide bonds. The first-order valence-corrected chi connectivity index (χ1v) is 15.1. The number of ether oxygens (including phenoxy) is 2. The number of nitrogens with zero attached hydrogens (tertiary/aromatic N) is 4. The Morgan fingerprint density at radius 3 is 2.58 bits per heavy atom. The molecule has 2 heterocycles. The van der Waals surface area contributed by atoms with Crippen molar-refractivity contribution in [1.29, 1.82) is 0 Å². The molecule has 0 saturated carbocycles. The molecule has 1 aromatic carbocycles. The fourth-order valence-electron chi connectivity index (χ4n) is 4.01. The van der Waals surface area contributed by atoms with Crippen molar-refractivity contribution in [3.63, 3.8) is 0 Å². The Morgan fingerprint density at radius 2 is 1.89 bits per heavy atom. The first-order chi connectivity index (χ1) is 17.9. The third-order valence-electron chi connectivity index (χ3n) is 6.55. The van der Waals surface area contributed by atoms with Crippen LogP contribution in [0.15, 0.2) is 36.9 Å². The summed E-state index contributed by atoms with van der Waals surface area (Å²) < 4.78 is 27.6. The summed E-state index contributed by atoms with van der Waals surface area (Å²) in [5.41, 5.74) is 8.49. The van der Waals surface area contributed by atoms with Crippen LogP contribution in [-0.4, -0.2) is 50.7 Å². The fraction of sp³-hybridized carbons (Fsp3) is 0.556. The number of benzene rings is 1. The van der Waals surface area contributed by atoms with Gasteiger partial charge in [-0.15, -0.1) is 0 Å². The van der Waals surface area contributed by atoms with E-state index in [1.54, 1.807) is 6.33 Å². The first kappa shape index (κ1) is 29.7. The van der Waals surface area contributed by atoms with E-state index in [1.807, 2.05) is 70.4 Å². The molecule has 38 heavy (non-hydrogen) atoms. The van der Waals surface area contributed by atoms with Crippen molar-refractivity contribution in [3.05, 3.63) is 48.0 Å². The van der Waals surface area contributed by atoms with Crippen LogP contribution < -0.4 is 10.8 Å². The molecule has 3 rings (SSSR count). The summed E-state index contributed by atoms with van der Waals surface area (Å²) >= 11 is 0. The molecule has 0 aliphatic carbocycles. The Hall–Kier alpha value is -2.81. The van der Waals surface area contributed by atoms with Gasteiger partial charge in [-0.25, -0.2) is 15.0 Å². The lowest BCUT2D eigenvalue weighted by Crippen LogP contribution is -2.30. The van der Waals surface area contributed by atoms with Crippen LogP contribution in [0.5, 0.6) is 0 Å². The molecular formula is C27H41N6O4P.